The van der Waals surface area contributed by atoms with E-state index in [9.17, 15) is 5.26 Å². The number of nitriles is 1. The molecule has 0 aliphatic carbocycles. The Morgan fingerprint density at radius 1 is 1.53 bits per heavy atom. The number of para-hydroxylation sites is 1. The highest BCUT2D eigenvalue weighted by molar-refractivity contribution is 5.44. The number of nitrogens with one attached hydrogen (secondary N) is 1. The van der Waals surface area contributed by atoms with Crippen molar-refractivity contribution in [3.63, 3.8) is 0 Å². The van der Waals surface area contributed by atoms with Gasteiger partial charge in [0.25, 0.3) is 0 Å². The number of nitrogens with zero attached hydrogens (tertiary/aromatic N) is 4. The number of hydrogen-bond acceptors (Lipinski definition) is 4. The van der Waals surface area contributed by atoms with Crippen molar-refractivity contribution >= 4 is 0 Å². The minimum Gasteiger partial charge on any atom is -0.493 e. The molecule has 1 aliphatic rings. The van der Waals surface area contributed by atoms with Crippen LogP contribution in [0.3, 0.4) is 0 Å². The normalized spacial score (nSPS) is 20.6. The number of rotatable bonds is 5. The first kappa shape index (κ1) is 13.2. The third-order valence-corrected chi connectivity index (χ3v) is 3.20. The van der Waals surface area contributed by atoms with Gasteiger partial charge in [0.05, 0.1) is 12.7 Å². The van der Waals surface area contributed by atoms with Gasteiger partial charge in [-0.1, -0.05) is 23.3 Å². The molecule has 1 atom stereocenters. The van der Waals surface area contributed by atoms with E-state index in [-0.39, 0.29) is 0 Å². The first-order valence-corrected chi connectivity index (χ1v) is 6.22. The van der Waals surface area contributed by atoms with E-state index >= 15 is 0 Å². The molecule has 1 N–H and O–H groups in total. The lowest BCUT2D eigenvalue weighted by atomic mass is 9.85. The summed E-state index contributed by atoms with van der Waals surface area (Å²) < 4.78 is 5.57. The van der Waals surface area contributed by atoms with Crippen molar-refractivity contribution in [2.24, 2.45) is 5.11 Å². The van der Waals surface area contributed by atoms with E-state index in [2.05, 4.69) is 21.4 Å². The molecular weight excluding hydrogens is 242 g/mol. The van der Waals surface area contributed by atoms with Crippen LogP contribution in [0.4, 0.5) is 0 Å². The fourth-order valence-corrected chi connectivity index (χ4v) is 2.23. The summed E-state index contributed by atoms with van der Waals surface area (Å²) in [7, 11) is 0. The fraction of sp³-hybridized carbons (Fsp3) is 0.462. The smallest absolute Gasteiger partial charge is 0.139 e. The maximum atomic E-state index is 9.54. The molecule has 0 saturated carbocycles. The van der Waals surface area contributed by atoms with Gasteiger partial charge in [-0.2, -0.15) is 5.26 Å². The van der Waals surface area contributed by atoms with Gasteiger partial charge >= 0.3 is 0 Å². The zero-order valence-corrected chi connectivity index (χ0v) is 10.5. The molecule has 19 heavy (non-hydrogen) atoms. The van der Waals surface area contributed by atoms with Crippen LogP contribution >= 0.6 is 0 Å². The molecular formula is C13H15N5O. The van der Waals surface area contributed by atoms with Crippen LogP contribution in [0.25, 0.3) is 10.4 Å². The fourth-order valence-electron chi connectivity index (χ4n) is 2.23. The first-order chi connectivity index (χ1) is 9.32. The van der Waals surface area contributed by atoms with Gasteiger partial charge in [-0.3, -0.25) is 5.32 Å². The molecule has 1 unspecified atom stereocenters. The molecule has 0 spiro atoms. The largest absolute Gasteiger partial charge is 0.493 e. The van der Waals surface area contributed by atoms with E-state index in [4.69, 9.17) is 10.3 Å². The SMILES string of the molecule is N#CC1(NCCCN=[N+]=[N-])CCOc2ccccc21. The molecule has 0 aromatic heterocycles. The summed E-state index contributed by atoms with van der Waals surface area (Å²) >= 11 is 0. The van der Waals surface area contributed by atoms with E-state index in [0.29, 0.717) is 32.5 Å². The Labute approximate surface area is 111 Å². The molecule has 0 amide bonds. The maximum absolute atomic E-state index is 9.54. The molecule has 6 heteroatoms. The molecule has 2 rings (SSSR count). The van der Waals surface area contributed by atoms with Gasteiger partial charge in [0, 0.05) is 23.4 Å². The molecule has 1 aromatic rings. The summed E-state index contributed by atoms with van der Waals surface area (Å²) in [5.74, 6) is 0.762. The average Bonchev–Trinajstić information content (AvgIpc) is 2.47. The molecule has 1 aliphatic heterocycles. The lowest BCUT2D eigenvalue weighted by molar-refractivity contribution is 0.220. The van der Waals surface area contributed by atoms with Gasteiger partial charge < -0.3 is 4.74 Å². The Balaban J connectivity index is 2.11. The average molecular weight is 257 g/mol. The van der Waals surface area contributed by atoms with Crippen molar-refractivity contribution in [1.29, 1.82) is 5.26 Å². The predicted molar refractivity (Wildman–Crippen MR) is 70.5 cm³/mol. The number of benzene rings is 1. The van der Waals surface area contributed by atoms with Crippen molar-refractivity contribution in [2.75, 3.05) is 19.7 Å². The van der Waals surface area contributed by atoms with Gasteiger partial charge in [-0.25, -0.2) is 0 Å². The van der Waals surface area contributed by atoms with E-state index < -0.39 is 5.54 Å². The zero-order chi connectivity index (χ0) is 13.6. The van der Waals surface area contributed by atoms with Gasteiger partial charge in [0.2, 0.25) is 0 Å². The second-order valence-electron chi connectivity index (χ2n) is 4.35. The second-order valence-corrected chi connectivity index (χ2v) is 4.35. The Morgan fingerprint density at radius 3 is 3.16 bits per heavy atom. The number of hydrogen-bond donors (Lipinski definition) is 1. The van der Waals surface area contributed by atoms with Crippen LogP contribution in [0.5, 0.6) is 5.75 Å². The van der Waals surface area contributed by atoms with E-state index in [1.54, 1.807) is 0 Å². The quantitative estimate of drug-likeness (QED) is 0.380. The molecule has 0 radical (unpaired) electrons. The number of fused-ring (bicyclic) bond motifs is 1. The minimum atomic E-state index is -0.703. The summed E-state index contributed by atoms with van der Waals surface area (Å²) in [6, 6.07) is 9.96. The highest BCUT2D eigenvalue weighted by Gasteiger charge is 2.37. The summed E-state index contributed by atoms with van der Waals surface area (Å²) in [4.78, 5) is 2.71. The van der Waals surface area contributed by atoms with Crippen LogP contribution < -0.4 is 10.1 Å². The van der Waals surface area contributed by atoms with Crippen LogP contribution in [0.15, 0.2) is 29.4 Å². The molecule has 0 fully saturated rings. The standard InChI is InChI=1S/C13H15N5O/c14-10-13(16-7-3-8-17-18-15)6-9-19-12-5-2-1-4-11(12)13/h1-2,4-5,16H,3,6-9H2. The summed E-state index contributed by atoms with van der Waals surface area (Å²) in [6.07, 6.45) is 1.32. The zero-order valence-electron chi connectivity index (χ0n) is 10.5. The van der Waals surface area contributed by atoms with E-state index in [0.717, 1.165) is 11.3 Å². The minimum absolute atomic E-state index is 0.434. The second kappa shape index (κ2) is 6.10. The monoisotopic (exact) mass is 257 g/mol. The van der Waals surface area contributed by atoms with Gasteiger partial charge in [0.1, 0.15) is 11.3 Å². The lowest BCUT2D eigenvalue weighted by Crippen LogP contribution is -2.45. The van der Waals surface area contributed by atoms with Crippen LogP contribution in [0, 0.1) is 11.3 Å². The number of ether oxygens (including phenoxy) is 1. The summed E-state index contributed by atoms with van der Waals surface area (Å²) in [6.45, 7) is 1.58. The lowest BCUT2D eigenvalue weighted by Gasteiger charge is -2.34. The summed E-state index contributed by atoms with van der Waals surface area (Å²) in [5, 5.41) is 16.3. The van der Waals surface area contributed by atoms with Crippen LogP contribution in [0.1, 0.15) is 18.4 Å². The van der Waals surface area contributed by atoms with E-state index in [1.807, 2.05) is 24.3 Å². The molecule has 6 nitrogen and oxygen atoms in total. The van der Waals surface area contributed by atoms with Crippen molar-refractivity contribution in [3.05, 3.63) is 40.3 Å². The Bertz CT molecular complexity index is 532. The molecule has 0 bridgehead atoms. The third-order valence-electron chi connectivity index (χ3n) is 3.20. The summed E-state index contributed by atoms with van der Waals surface area (Å²) in [5.41, 5.74) is 8.39. The van der Waals surface area contributed by atoms with Crippen molar-refractivity contribution < 1.29 is 4.74 Å². The predicted octanol–water partition coefficient (Wildman–Crippen LogP) is 2.48. The highest BCUT2D eigenvalue weighted by Crippen LogP contribution is 2.36. The van der Waals surface area contributed by atoms with Crippen LogP contribution in [-0.4, -0.2) is 19.7 Å². The molecule has 0 saturated heterocycles. The van der Waals surface area contributed by atoms with Gasteiger partial charge in [0.15, 0.2) is 0 Å². The van der Waals surface area contributed by atoms with Crippen LogP contribution in [-0.2, 0) is 5.54 Å². The first-order valence-electron chi connectivity index (χ1n) is 6.22. The van der Waals surface area contributed by atoms with Crippen LogP contribution in [0.2, 0.25) is 0 Å². The Kier molecular flexibility index (Phi) is 4.24. The number of azide groups is 1. The Hall–Kier alpha value is -2.22. The topological polar surface area (TPSA) is 93.8 Å². The molecule has 98 valence electrons. The van der Waals surface area contributed by atoms with Crippen molar-refractivity contribution in [2.45, 2.75) is 18.4 Å². The van der Waals surface area contributed by atoms with Crippen molar-refractivity contribution in [1.82, 2.24) is 5.32 Å². The third kappa shape index (κ3) is 2.79. The Morgan fingerprint density at radius 2 is 2.37 bits per heavy atom. The molecule has 1 heterocycles. The van der Waals surface area contributed by atoms with Gasteiger partial charge in [-0.05, 0) is 24.6 Å². The van der Waals surface area contributed by atoms with E-state index in [1.165, 1.54) is 0 Å². The molecule has 1 aromatic carbocycles. The van der Waals surface area contributed by atoms with Crippen molar-refractivity contribution in [3.8, 4) is 11.8 Å². The highest BCUT2D eigenvalue weighted by atomic mass is 16.5. The maximum Gasteiger partial charge on any atom is 0.139 e. The van der Waals surface area contributed by atoms with Gasteiger partial charge in [-0.15, -0.1) is 0 Å².